The first-order valence-corrected chi connectivity index (χ1v) is 7.73. The molecule has 0 saturated carbocycles. The van der Waals surface area contributed by atoms with Crippen molar-refractivity contribution in [3.63, 3.8) is 0 Å². The molecule has 1 aromatic heterocycles. The van der Waals surface area contributed by atoms with Gasteiger partial charge in [0.05, 0.1) is 23.5 Å². The molecule has 1 aromatic carbocycles. The maximum Gasteiger partial charge on any atom is 0.244 e. The van der Waals surface area contributed by atoms with E-state index in [2.05, 4.69) is 20.2 Å². The first-order valence-electron chi connectivity index (χ1n) is 7.73. The third-order valence-electron chi connectivity index (χ3n) is 4.71. The summed E-state index contributed by atoms with van der Waals surface area (Å²) in [4.78, 5) is 33.3. The monoisotopic (exact) mass is 298 g/mol. The average Bonchev–Trinajstić information content (AvgIpc) is 3.10. The lowest BCUT2D eigenvalue weighted by atomic mass is 9.95. The van der Waals surface area contributed by atoms with E-state index < -0.39 is 0 Å². The van der Waals surface area contributed by atoms with Crippen LogP contribution in [-0.2, 0) is 9.59 Å². The molecule has 2 aromatic rings. The van der Waals surface area contributed by atoms with Gasteiger partial charge in [0.25, 0.3) is 0 Å². The highest BCUT2D eigenvalue weighted by Gasteiger charge is 2.37. The summed E-state index contributed by atoms with van der Waals surface area (Å²) in [6.07, 6.45) is 2.21. The molecule has 2 aliphatic rings. The van der Waals surface area contributed by atoms with E-state index in [4.69, 9.17) is 0 Å². The summed E-state index contributed by atoms with van der Waals surface area (Å²) in [5.41, 5.74) is 2.07. The molecule has 1 atom stereocenters. The number of benzene rings is 1. The number of carbonyl (C=O) groups excluding carboxylic acids is 2. The lowest BCUT2D eigenvalue weighted by molar-refractivity contribution is -0.126. The summed E-state index contributed by atoms with van der Waals surface area (Å²) in [6.45, 7) is 1.65. The summed E-state index contributed by atoms with van der Waals surface area (Å²) < 4.78 is 0. The highest BCUT2D eigenvalue weighted by molar-refractivity contribution is 6.05. The maximum absolute atomic E-state index is 11.8. The first-order chi connectivity index (χ1) is 10.7. The molecule has 2 N–H and O–H groups in total. The summed E-state index contributed by atoms with van der Waals surface area (Å²) in [7, 11) is 0. The van der Waals surface area contributed by atoms with Crippen LogP contribution in [0, 0.1) is 0 Å². The third kappa shape index (κ3) is 2.29. The van der Waals surface area contributed by atoms with E-state index in [0.717, 1.165) is 42.8 Å². The Morgan fingerprint density at radius 2 is 1.91 bits per heavy atom. The van der Waals surface area contributed by atoms with Crippen LogP contribution in [0.3, 0.4) is 0 Å². The maximum atomic E-state index is 11.8. The van der Waals surface area contributed by atoms with Crippen molar-refractivity contribution in [3.05, 3.63) is 30.1 Å². The van der Waals surface area contributed by atoms with Gasteiger partial charge in [-0.25, -0.2) is 4.98 Å². The van der Waals surface area contributed by atoms with Gasteiger partial charge in [-0.2, -0.15) is 0 Å². The minimum atomic E-state index is -0.274. The molecule has 22 heavy (non-hydrogen) atoms. The predicted molar refractivity (Wildman–Crippen MR) is 81.2 cm³/mol. The molecule has 0 bridgehead atoms. The molecule has 2 aliphatic heterocycles. The Labute approximate surface area is 127 Å². The zero-order chi connectivity index (χ0) is 15.1. The SMILES string of the molecule is O=C1CC(N2CCC(c3nc4ccccc4[nH]3)CC2)C(=O)N1. The van der Waals surface area contributed by atoms with Gasteiger partial charge in [-0.1, -0.05) is 12.1 Å². The normalized spacial score (nSPS) is 24.1. The number of likely N-dealkylation sites (tertiary alicyclic amines) is 1. The zero-order valence-electron chi connectivity index (χ0n) is 12.2. The number of H-pyrrole nitrogens is 1. The van der Waals surface area contributed by atoms with Crippen LogP contribution >= 0.6 is 0 Å². The molecule has 2 saturated heterocycles. The number of amides is 2. The second-order valence-corrected chi connectivity index (χ2v) is 6.08. The molecule has 3 heterocycles. The number of imidazole rings is 1. The van der Waals surface area contributed by atoms with E-state index in [1.807, 2.05) is 24.3 Å². The minimum Gasteiger partial charge on any atom is -0.342 e. The van der Waals surface area contributed by atoms with Crippen LogP contribution in [0.15, 0.2) is 24.3 Å². The van der Waals surface area contributed by atoms with E-state index in [1.165, 1.54) is 0 Å². The number of fused-ring (bicyclic) bond motifs is 1. The number of carbonyl (C=O) groups is 2. The van der Waals surface area contributed by atoms with Gasteiger partial charge in [0.2, 0.25) is 11.8 Å². The number of piperidine rings is 1. The number of aromatic nitrogens is 2. The molecule has 6 heteroatoms. The fourth-order valence-corrected chi connectivity index (χ4v) is 3.49. The average molecular weight is 298 g/mol. The van der Waals surface area contributed by atoms with Crippen LogP contribution in [0.4, 0.5) is 0 Å². The van der Waals surface area contributed by atoms with Gasteiger partial charge in [-0.3, -0.25) is 19.8 Å². The second-order valence-electron chi connectivity index (χ2n) is 6.08. The molecular weight excluding hydrogens is 280 g/mol. The molecule has 0 spiro atoms. The number of rotatable bonds is 2. The lowest BCUT2D eigenvalue weighted by Gasteiger charge is -2.33. The fourth-order valence-electron chi connectivity index (χ4n) is 3.49. The van der Waals surface area contributed by atoms with Crippen molar-refractivity contribution in [2.75, 3.05) is 13.1 Å². The van der Waals surface area contributed by atoms with Gasteiger partial charge in [-0.15, -0.1) is 0 Å². The molecular formula is C16H18N4O2. The van der Waals surface area contributed by atoms with E-state index in [1.54, 1.807) is 0 Å². The van der Waals surface area contributed by atoms with Crippen LogP contribution in [0.25, 0.3) is 11.0 Å². The topological polar surface area (TPSA) is 78.1 Å². The van der Waals surface area contributed by atoms with Crippen LogP contribution < -0.4 is 5.32 Å². The number of hydrogen-bond acceptors (Lipinski definition) is 4. The fraction of sp³-hybridized carbons (Fsp3) is 0.438. The van der Waals surface area contributed by atoms with Crippen LogP contribution in [0.5, 0.6) is 0 Å². The van der Waals surface area contributed by atoms with Crippen molar-refractivity contribution in [2.45, 2.75) is 31.2 Å². The third-order valence-corrected chi connectivity index (χ3v) is 4.71. The molecule has 6 nitrogen and oxygen atoms in total. The van der Waals surface area contributed by atoms with Gasteiger partial charge in [0, 0.05) is 5.92 Å². The number of nitrogens with zero attached hydrogens (tertiary/aromatic N) is 2. The Bertz CT molecular complexity index is 698. The number of para-hydroxylation sites is 2. The number of aromatic amines is 1. The largest absolute Gasteiger partial charge is 0.342 e. The lowest BCUT2D eigenvalue weighted by Crippen LogP contribution is -2.44. The highest BCUT2D eigenvalue weighted by atomic mass is 16.2. The highest BCUT2D eigenvalue weighted by Crippen LogP contribution is 2.29. The Morgan fingerprint density at radius 1 is 1.14 bits per heavy atom. The Morgan fingerprint density at radius 3 is 2.59 bits per heavy atom. The Balaban J connectivity index is 1.45. The van der Waals surface area contributed by atoms with Gasteiger partial charge in [0.1, 0.15) is 5.82 Å². The second kappa shape index (κ2) is 5.21. The van der Waals surface area contributed by atoms with Crippen molar-refractivity contribution in [3.8, 4) is 0 Å². The van der Waals surface area contributed by atoms with Crippen molar-refractivity contribution in [1.82, 2.24) is 20.2 Å². The van der Waals surface area contributed by atoms with Gasteiger partial charge >= 0.3 is 0 Å². The summed E-state index contributed by atoms with van der Waals surface area (Å²) in [6, 6.07) is 7.77. The number of nitrogens with one attached hydrogen (secondary N) is 2. The molecule has 2 fully saturated rings. The smallest absolute Gasteiger partial charge is 0.244 e. The van der Waals surface area contributed by atoms with Crippen molar-refractivity contribution in [1.29, 1.82) is 0 Å². The standard InChI is InChI=1S/C16H18N4O2/c21-14-9-13(16(22)19-14)20-7-5-10(6-8-20)15-17-11-3-1-2-4-12(11)18-15/h1-4,10,13H,5-9H2,(H,17,18)(H,19,21,22). The van der Waals surface area contributed by atoms with Crippen molar-refractivity contribution in [2.24, 2.45) is 0 Å². The van der Waals surface area contributed by atoms with Gasteiger partial charge < -0.3 is 4.98 Å². The van der Waals surface area contributed by atoms with Crippen LogP contribution in [-0.4, -0.2) is 45.8 Å². The molecule has 2 amide bonds. The summed E-state index contributed by atoms with van der Waals surface area (Å²) >= 11 is 0. The first kappa shape index (κ1) is 13.5. The van der Waals surface area contributed by atoms with Crippen LogP contribution in [0.2, 0.25) is 0 Å². The molecule has 4 rings (SSSR count). The molecule has 0 radical (unpaired) electrons. The Hall–Kier alpha value is -2.21. The Kier molecular flexibility index (Phi) is 3.18. The number of hydrogen-bond donors (Lipinski definition) is 2. The predicted octanol–water partition coefficient (Wildman–Crippen LogP) is 1.16. The van der Waals surface area contributed by atoms with E-state index in [-0.39, 0.29) is 17.9 Å². The van der Waals surface area contributed by atoms with Crippen molar-refractivity contribution >= 4 is 22.8 Å². The molecule has 1 unspecified atom stereocenters. The quantitative estimate of drug-likeness (QED) is 0.816. The van der Waals surface area contributed by atoms with Gasteiger partial charge in [0.15, 0.2) is 0 Å². The number of imide groups is 1. The molecule has 114 valence electrons. The minimum absolute atomic E-state index is 0.146. The molecule has 0 aliphatic carbocycles. The van der Waals surface area contributed by atoms with E-state index >= 15 is 0 Å². The summed E-state index contributed by atoms with van der Waals surface area (Å²) in [5.74, 6) is 1.12. The zero-order valence-corrected chi connectivity index (χ0v) is 12.2. The van der Waals surface area contributed by atoms with E-state index in [0.29, 0.717) is 12.3 Å². The van der Waals surface area contributed by atoms with Gasteiger partial charge in [-0.05, 0) is 38.1 Å². The van der Waals surface area contributed by atoms with Crippen molar-refractivity contribution < 1.29 is 9.59 Å². The van der Waals surface area contributed by atoms with Crippen LogP contribution in [0.1, 0.15) is 31.0 Å². The van der Waals surface area contributed by atoms with E-state index in [9.17, 15) is 9.59 Å². The summed E-state index contributed by atoms with van der Waals surface area (Å²) in [5, 5.41) is 2.39.